The minimum Gasteiger partial charge on any atom is -0.544 e. The highest BCUT2D eigenvalue weighted by Gasteiger charge is 2.14. The molecule has 0 saturated carbocycles. The van der Waals surface area contributed by atoms with Crippen molar-refractivity contribution in [2.45, 2.75) is 25.8 Å². The molecule has 0 radical (unpaired) electrons. The molecule has 100 valence electrons. The Morgan fingerprint density at radius 1 is 1.44 bits per heavy atom. The van der Waals surface area contributed by atoms with Crippen LogP contribution in [-0.4, -0.2) is 19.7 Å². The van der Waals surface area contributed by atoms with E-state index in [4.69, 9.17) is 9.47 Å². The molecule has 0 saturated heterocycles. The molecule has 1 aromatic carbocycles. The van der Waals surface area contributed by atoms with Crippen LogP contribution in [0.25, 0.3) is 0 Å². The second-order valence-corrected chi connectivity index (χ2v) is 3.98. The van der Waals surface area contributed by atoms with Crippen LogP contribution in [0.4, 0.5) is 0 Å². The summed E-state index contributed by atoms with van der Waals surface area (Å²) >= 11 is 0. The van der Waals surface area contributed by atoms with Crippen LogP contribution >= 0.6 is 0 Å². The zero-order valence-electron chi connectivity index (χ0n) is 10.8. The smallest absolute Gasteiger partial charge is 0.161 e. The lowest BCUT2D eigenvalue weighted by Crippen LogP contribution is -2.61. The first-order valence-corrected chi connectivity index (χ1v) is 5.94. The van der Waals surface area contributed by atoms with Gasteiger partial charge in [0.2, 0.25) is 0 Å². The van der Waals surface area contributed by atoms with Gasteiger partial charge in [0.25, 0.3) is 0 Å². The van der Waals surface area contributed by atoms with Crippen LogP contribution in [0.2, 0.25) is 0 Å². The first-order valence-electron chi connectivity index (χ1n) is 5.94. The molecule has 5 nitrogen and oxygen atoms in total. The lowest BCUT2D eigenvalue weighted by Gasteiger charge is -2.14. The molecule has 1 atom stereocenters. The number of benzene rings is 1. The molecule has 0 aromatic heterocycles. The van der Waals surface area contributed by atoms with Gasteiger partial charge in [-0.2, -0.15) is 0 Å². The van der Waals surface area contributed by atoms with Crippen LogP contribution in [0.1, 0.15) is 31.4 Å². The summed E-state index contributed by atoms with van der Waals surface area (Å²) in [7, 11) is 1.52. The zero-order chi connectivity index (χ0) is 13.5. The Balaban J connectivity index is 2.86. The second kappa shape index (κ2) is 6.86. The predicted octanol–water partition coefficient (Wildman–Crippen LogP) is -0.0930. The molecule has 0 heterocycles. The van der Waals surface area contributed by atoms with Gasteiger partial charge in [-0.3, -0.25) is 0 Å². The fraction of sp³-hybridized carbons (Fsp3) is 0.462. The van der Waals surface area contributed by atoms with Gasteiger partial charge < -0.3 is 25.1 Å². The van der Waals surface area contributed by atoms with Crippen molar-refractivity contribution in [2.24, 2.45) is 0 Å². The number of hydrogen-bond donors (Lipinski definition) is 1. The van der Waals surface area contributed by atoms with Crippen molar-refractivity contribution in [3.8, 4) is 11.5 Å². The van der Waals surface area contributed by atoms with Crippen molar-refractivity contribution in [1.82, 2.24) is 0 Å². The van der Waals surface area contributed by atoms with Crippen molar-refractivity contribution in [2.75, 3.05) is 13.7 Å². The summed E-state index contributed by atoms with van der Waals surface area (Å²) in [5.74, 6) is -0.0875. The fourth-order valence-corrected chi connectivity index (χ4v) is 1.48. The highest BCUT2D eigenvalue weighted by Crippen LogP contribution is 2.29. The quantitative estimate of drug-likeness (QED) is 0.688. The summed E-state index contributed by atoms with van der Waals surface area (Å²) in [6.45, 7) is 2.69. The average Bonchev–Trinajstić information content (AvgIpc) is 2.38. The molecule has 0 unspecified atom stereocenters. The number of carboxylic acid groups (broad SMARTS) is 1. The minimum atomic E-state index is -1.21. The first-order chi connectivity index (χ1) is 8.60. The van der Waals surface area contributed by atoms with Gasteiger partial charge in [-0.25, -0.2) is 0 Å². The normalized spacial score (nSPS) is 11.9. The third-order valence-electron chi connectivity index (χ3n) is 2.63. The van der Waals surface area contributed by atoms with Crippen LogP contribution in [-0.2, 0) is 4.79 Å². The maximum absolute atomic E-state index is 10.7. The first kappa shape index (κ1) is 14.3. The van der Waals surface area contributed by atoms with Crippen LogP contribution < -0.4 is 20.3 Å². The predicted molar refractivity (Wildman–Crippen MR) is 64.0 cm³/mol. The number of methoxy groups -OCH3 is 1. The Labute approximate surface area is 107 Å². The highest BCUT2D eigenvalue weighted by molar-refractivity contribution is 5.72. The van der Waals surface area contributed by atoms with Crippen molar-refractivity contribution < 1.29 is 25.1 Å². The van der Waals surface area contributed by atoms with Crippen LogP contribution in [0.3, 0.4) is 0 Å². The largest absolute Gasteiger partial charge is 0.544 e. The number of carboxylic acids is 1. The molecule has 0 amide bonds. The van der Waals surface area contributed by atoms with Crippen molar-refractivity contribution >= 4 is 5.97 Å². The molecule has 0 spiro atoms. The molecule has 3 N–H and O–H groups in total. The van der Waals surface area contributed by atoms with Gasteiger partial charge in [0.15, 0.2) is 17.5 Å². The van der Waals surface area contributed by atoms with E-state index in [0.29, 0.717) is 23.7 Å². The highest BCUT2D eigenvalue weighted by atomic mass is 16.5. The Morgan fingerprint density at radius 2 is 2.17 bits per heavy atom. The number of ether oxygens (including phenoxy) is 2. The molecule has 0 aliphatic carbocycles. The monoisotopic (exact) mass is 253 g/mol. The zero-order valence-corrected chi connectivity index (χ0v) is 10.8. The van der Waals surface area contributed by atoms with Crippen molar-refractivity contribution in [3.05, 3.63) is 23.8 Å². The van der Waals surface area contributed by atoms with E-state index in [1.807, 2.05) is 0 Å². The van der Waals surface area contributed by atoms with Crippen LogP contribution in [0.15, 0.2) is 18.2 Å². The van der Waals surface area contributed by atoms with Crippen LogP contribution in [0.5, 0.6) is 11.5 Å². The minimum absolute atomic E-state index is 0.513. The Morgan fingerprint density at radius 3 is 2.72 bits per heavy atom. The van der Waals surface area contributed by atoms with E-state index in [1.165, 1.54) is 7.11 Å². The Hall–Kier alpha value is -1.75. The third kappa shape index (κ3) is 3.63. The molecule has 0 aliphatic heterocycles. The SMILES string of the molecule is CCCCOc1ccc([C@H]([NH3+])C(=O)[O-])cc1OC. The van der Waals surface area contributed by atoms with Gasteiger partial charge >= 0.3 is 0 Å². The number of quaternary nitrogens is 1. The topological polar surface area (TPSA) is 86.2 Å². The van der Waals surface area contributed by atoms with E-state index in [0.717, 1.165) is 12.8 Å². The number of carbonyl (C=O) groups is 1. The van der Waals surface area contributed by atoms with E-state index in [-0.39, 0.29) is 0 Å². The summed E-state index contributed by atoms with van der Waals surface area (Å²) < 4.78 is 10.7. The van der Waals surface area contributed by atoms with E-state index < -0.39 is 12.0 Å². The molecule has 5 heteroatoms. The summed E-state index contributed by atoms with van der Waals surface area (Å²) in [5, 5.41) is 10.7. The Kier molecular flexibility index (Phi) is 5.45. The number of unbranched alkanes of at least 4 members (excludes halogenated alkanes) is 1. The van der Waals surface area contributed by atoms with Gasteiger partial charge in [0.1, 0.15) is 5.97 Å². The maximum Gasteiger partial charge on any atom is 0.161 e. The molecule has 1 rings (SSSR count). The van der Waals surface area contributed by atoms with Crippen molar-refractivity contribution in [3.63, 3.8) is 0 Å². The average molecular weight is 253 g/mol. The number of aliphatic carboxylic acids is 1. The molecular formula is C13H19NO4. The van der Waals surface area contributed by atoms with Crippen molar-refractivity contribution in [1.29, 1.82) is 0 Å². The summed E-state index contributed by atoms with van der Waals surface area (Å²) in [4.78, 5) is 10.7. The molecular weight excluding hydrogens is 234 g/mol. The molecule has 1 aromatic rings. The van der Waals surface area contributed by atoms with Gasteiger partial charge in [-0.15, -0.1) is 0 Å². The van der Waals surface area contributed by atoms with Gasteiger partial charge in [0, 0.05) is 5.56 Å². The van der Waals surface area contributed by atoms with Gasteiger partial charge in [-0.1, -0.05) is 13.3 Å². The van der Waals surface area contributed by atoms with E-state index >= 15 is 0 Å². The molecule has 18 heavy (non-hydrogen) atoms. The lowest BCUT2D eigenvalue weighted by molar-refractivity contribution is -0.443. The number of hydrogen-bond acceptors (Lipinski definition) is 4. The number of rotatable bonds is 7. The summed E-state index contributed by atoms with van der Waals surface area (Å²) in [5.41, 5.74) is 4.07. The standard InChI is InChI=1S/C13H19NO4/c1-3-4-7-18-10-6-5-9(8-11(10)17-2)12(14)13(15)16/h5-6,8,12H,3-4,7,14H2,1-2H3,(H,15,16)/t12-/m0/s1. The van der Waals surface area contributed by atoms with Gasteiger partial charge in [0.05, 0.1) is 13.7 Å². The third-order valence-corrected chi connectivity index (χ3v) is 2.63. The summed E-state index contributed by atoms with van der Waals surface area (Å²) in [6, 6.07) is 4.07. The lowest BCUT2D eigenvalue weighted by atomic mass is 10.1. The second-order valence-electron chi connectivity index (χ2n) is 3.98. The number of carbonyl (C=O) groups excluding carboxylic acids is 1. The van der Waals surface area contributed by atoms with E-state index in [9.17, 15) is 9.90 Å². The Bertz CT molecular complexity index is 406. The van der Waals surface area contributed by atoms with E-state index in [1.54, 1.807) is 18.2 Å². The fourth-order valence-electron chi connectivity index (χ4n) is 1.48. The van der Waals surface area contributed by atoms with Gasteiger partial charge in [-0.05, 0) is 24.6 Å². The van der Waals surface area contributed by atoms with E-state index in [2.05, 4.69) is 12.7 Å². The maximum atomic E-state index is 10.7. The molecule has 0 fully saturated rings. The molecule has 0 bridgehead atoms. The van der Waals surface area contributed by atoms with Crippen LogP contribution in [0, 0.1) is 0 Å². The molecule has 0 aliphatic rings. The summed E-state index contributed by atoms with van der Waals surface area (Å²) in [6.07, 6.45) is 2.01.